The van der Waals surface area contributed by atoms with Crippen LogP contribution in [0, 0.1) is 5.82 Å². The molecule has 0 aliphatic heterocycles. The third kappa shape index (κ3) is 3.27. The first-order valence-electron chi connectivity index (χ1n) is 6.07. The van der Waals surface area contributed by atoms with Crippen LogP contribution in [0.4, 0.5) is 4.39 Å². The van der Waals surface area contributed by atoms with Gasteiger partial charge in [-0.3, -0.25) is 0 Å². The van der Waals surface area contributed by atoms with Crippen molar-refractivity contribution in [2.24, 2.45) is 0 Å². The van der Waals surface area contributed by atoms with Gasteiger partial charge in [-0.1, -0.05) is 0 Å². The Morgan fingerprint density at radius 2 is 2.16 bits per heavy atom. The molecule has 0 aliphatic rings. The molecule has 1 aromatic heterocycles. The molecule has 0 saturated heterocycles. The fourth-order valence-electron chi connectivity index (χ4n) is 2.07. The minimum absolute atomic E-state index is 0.299. The predicted octanol–water partition coefficient (Wildman–Crippen LogP) is 3.63. The van der Waals surface area contributed by atoms with Crippen molar-refractivity contribution >= 4 is 38.6 Å². The van der Waals surface area contributed by atoms with E-state index in [4.69, 9.17) is 11.6 Å². The highest BCUT2D eigenvalue weighted by Gasteiger charge is 2.12. The smallest absolute Gasteiger partial charge is 0.139 e. The lowest BCUT2D eigenvalue weighted by molar-refractivity contribution is 0.386. The molecule has 104 valence electrons. The van der Waals surface area contributed by atoms with Gasteiger partial charge in [-0.2, -0.15) is 0 Å². The highest BCUT2D eigenvalue weighted by Crippen LogP contribution is 2.25. The summed E-state index contributed by atoms with van der Waals surface area (Å²) in [5.41, 5.74) is 1.57. The Morgan fingerprint density at radius 1 is 1.42 bits per heavy atom. The zero-order valence-electron chi connectivity index (χ0n) is 11.0. The van der Waals surface area contributed by atoms with Crippen LogP contribution in [0.25, 0.3) is 11.0 Å². The fraction of sp³-hybridized carbons (Fsp3) is 0.462. The third-order valence-electron chi connectivity index (χ3n) is 2.98. The standard InChI is InChI=1S/C13H16BrClFN3/c1-18(2)4-3-5-19-12-6-9(14)10(16)7-11(12)17-13(19)8-15/h6-7H,3-5,8H2,1-2H3. The van der Waals surface area contributed by atoms with E-state index in [1.807, 2.05) is 14.1 Å². The maximum Gasteiger partial charge on any atom is 0.139 e. The van der Waals surface area contributed by atoms with Crippen LogP contribution in [0.3, 0.4) is 0 Å². The summed E-state index contributed by atoms with van der Waals surface area (Å²) in [6, 6.07) is 3.21. The molecule has 0 bridgehead atoms. The zero-order chi connectivity index (χ0) is 14.0. The number of aromatic nitrogens is 2. The molecule has 0 unspecified atom stereocenters. The molecule has 0 spiro atoms. The molecular formula is C13H16BrClFN3. The highest BCUT2D eigenvalue weighted by molar-refractivity contribution is 9.10. The molecule has 0 radical (unpaired) electrons. The second kappa shape index (κ2) is 6.20. The van der Waals surface area contributed by atoms with Crippen LogP contribution in [-0.2, 0) is 12.4 Å². The van der Waals surface area contributed by atoms with Crippen LogP contribution in [0.1, 0.15) is 12.2 Å². The van der Waals surface area contributed by atoms with E-state index in [0.29, 0.717) is 15.9 Å². The summed E-state index contributed by atoms with van der Waals surface area (Å²) < 4.78 is 16.0. The molecular weight excluding hydrogens is 333 g/mol. The van der Waals surface area contributed by atoms with Gasteiger partial charge >= 0.3 is 0 Å². The first-order valence-corrected chi connectivity index (χ1v) is 7.40. The Kier molecular flexibility index (Phi) is 4.81. The topological polar surface area (TPSA) is 21.1 Å². The molecule has 3 nitrogen and oxygen atoms in total. The van der Waals surface area contributed by atoms with E-state index < -0.39 is 0 Å². The number of aryl methyl sites for hydroxylation is 1. The minimum Gasteiger partial charge on any atom is -0.327 e. The van der Waals surface area contributed by atoms with E-state index in [1.165, 1.54) is 6.07 Å². The van der Waals surface area contributed by atoms with E-state index in [9.17, 15) is 4.39 Å². The molecule has 0 aliphatic carbocycles. The second-order valence-electron chi connectivity index (χ2n) is 4.73. The van der Waals surface area contributed by atoms with E-state index in [-0.39, 0.29) is 5.82 Å². The van der Waals surface area contributed by atoms with Crippen LogP contribution in [0.15, 0.2) is 16.6 Å². The largest absolute Gasteiger partial charge is 0.327 e. The Balaban J connectivity index is 2.36. The summed E-state index contributed by atoms with van der Waals surface area (Å²) in [6.45, 7) is 1.82. The van der Waals surface area contributed by atoms with E-state index in [1.54, 1.807) is 6.07 Å². The molecule has 0 amide bonds. The molecule has 2 aromatic rings. The van der Waals surface area contributed by atoms with Gasteiger partial charge in [0.25, 0.3) is 0 Å². The molecule has 0 fully saturated rings. The summed E-state index contributed by atoms with van der Waals surface area (Å²) >= 11 is 9.14. The first kappa shape index (κ1) is 14.8. The quantitative estimate of drug-likeness (QED) is 0.769. The Bertz CT molecular complexity index is 583. The van der Waals surface area contributed by atoms with Crippen molar-refractivity contribution in [3.05, 3.63) is 28.2 Å². The van der Waals surface area contributed by atoms with Gasteiger partial charge in [0.2, 0.25) is 0 Å². The first-order chi connectivity index (χ1) is 9.02. The number of nitrogens with zero attached hydrogens (tertiary/aromatic N) is 3. The van der Waals surface area contributed by atoms with E-state index >= 15 is 0 Å². The Labute approximate surface area is 125 Å². The predicted molar refractivity (Wildman–Crippen MR) is 80.1 cm³/mol. The fourth-order valence-corrected chi connectivity index (χ4v) is 2.60. The second-order valence-corrected chi connectivity index (χ2v) is 5.85. The lowest BCUT2D eigenvalue weighted by Crippen LogP contribution is -2.15. The lowest BCUT2D eigenvalue weighted by Gasteiger charge is -2.11. The number of imidazole rings is 1. The summed E-state index contributed by atoms with van der Waals surface area (Å²) in [4.78, 5) is 6.52. The Hall–Kier alpha value is -0.650. The normalized spacial score (nSPS) is 11.7. The molecule has 2 rings (SSSR count). The summed E-state index contributed by atoms with van der Waals surface area (Å²) in [5.74, 6) is 0.815. The third-order valence-corrected chi connectivity index (χ3v) is 3.82. The Morgan fingerprint density at radius 3 is 2.79 bits per heavy atom. The van der Waals surface area contributed by atoms with Crippen LogP contribution in [0.5, 0.6) is 0 Å². The number of halogens is 3. The maximum absolute atomic E-state index is 13.5. The monoisotopic (exact) mass is 347 g/mol. The number of fused-ring (bicyclic) bond motifs is 1. The van der Waals surface area contributed by atoms with E-state index in [0.717, 1.165) is 30.9 Å². The van der Waals surface area contributed by atoms with Gasteiger partial charge in [0.05, 0.1) is 21.4 Å². The van der Waals surface area contributed by atoms with Gasteiger partial charge in [0, 0.05) is 12.6 Å². The SMILES string of the molecule is CN(C)CCCn1c(CCl)nc2cc(F)c(Br)cc21. The average Bonchev–Trinajstić information content (AvgIpc) is 2.67. The maximum atomic E-state index is 13.5. The molecule has 0 N–H and O–H groups in total. The van der Waals surface area contributed by atoms with Crippen LogP contribution >= 0.6 is 27.5 Å². The van der Waals surface area contributed by atoms with Gasteiger partial charge in [-0.05, 0) is 49.1 Å². The van der Waals surface area contributed by atoms with Crippen molar-refractivity contribution in [2.75, 3.05) is 20.6 Å². The lowest BCUT2D eigenvalue weighted by atomic mass is 10.3. The van der Waals surface area contributed by atoms with Gasteiger partial charge in [-0.25, -0.2) is 9.37 Å². The molecule has 0 atom stereocenters. The van der Waals surface area contributed by atoms with Gasteiger partial charge in [0.15, 0.2) is 0 Å². The molecule has 6 heteroatoms. The number of hydrogen-bond donors (Lipinski definition) is 0. The summed E-state index contributed by atoms with van der Waals surface area (Å²) in [6.07, 6.45) is 0.997. The van der Waals surface area contributed by atoms with Crippen molar-refractivity contribution < 1.29 is 4.39 Å². The van der Waals surface area contributed by atoms with Crippen LogP contribution < -0.4 is 0 Å². The molecule has 1 heterocycles. The van der Waals surface area contributed by atoms with Gasteiger partial charge in [-0.15, -0.1) is 11.6 Å². The van der Waals surface area contributed by atoms with Crippen molar-refractivity contribution in [3.63, 3.8) is 0 Å². The van der Waals surface area contributed by atoms with Crippen LogP contribution in [0.2, 0.25) is 0 Å². The van der Waals surface area contributed by atoms with Gasteiger partial charge < -0.3 is 9.47 Å². The number of benzene rings is 1. The van der Waals surface area contributed by atoms with Gasteiger partial charge in [0.1, 0.15) is 11.6 Å². The number of alkyl halides is 1. The zero-order valence-corrected chi connectivity index (χ0v) is 13.3. The number of rotatable bonds is 5. The van der Waals surface area contributed by atoms with Crippen molar-refractivity contribution in [1.82, 2.24) is 14.5 Å². The molecule has 0 saturated carbocycles. The summed E-state index contributed by atoms with van der Waals surface area (Å²) in [7, 11) is 4.08. The average molecular weight is 349 g/mol. The van der Waals surface area contributed by atoms with Crippen LogP contribution in [-0.4, -0.2) is 35.1 Å². The van der Waals surface area contributed by atoms with Crippen molar-refractivity contribution in [2.45, 2.75) is 18.8 Å². The van der Waals surface area contributed by atoms with E-state index in [2.05, 4.69) is 30.4 Å². The summed E-state index contributed by atoms with van der Waals surface area (Å²) in [5, 5.41) is 0. The highest BCUT2D eigenvalue weighted by atomic mass is 79.9. The van der Waals surface area contributed by atoms with Crippen molar-refractivity contribution in [1.29, 1.82) is 0 Å². The number of hydrogen-bond acceptors (Lipinski definition) is 2. The molecule has 1 aromatic carbocycles. The van der Waals surface area contributed by atoms with Crippen molar-refractivity contribution in [3.8, 4) is 0 Å². The minimum atomic E-state index is -0.299. The molecule has 19 heavy (non-hydrogen) atoms.